The molecule has 0 fully saturated rings. The molecular formula is C17H19N5O3S. The number of ether oxygens (including phenoxy) is 1. The second kappa shape index (κ2) is 7.63. The van der Waals surface area contributed by atoms with Crippen LogP contribution in [0.4, 0.5) is 0 Å². The molecule has 26 heavy (non-hydrogen) atoms. The van der Waals surface area contributed by atoms with E-state index in [0.717, 1.165) is 11.3 Å². The van der Waals surface area contributed by atoms with Crippen molar-refractivity contribution in [3.8, 4) is 11.4 Å². The zero-order valence-electron chi connectivity index (χ0n) is 14.5. The fourth-order valence-corrected chi connectivity index (χ4v) is 3.56. The van der Waals surface area contributed by atoms with Gasteiger partial charge in [0.05, 0.1) is 10.6 Å². The van der Waals surface area contributed by atoms with Crippen molar-refractivity contribution in [3.63, 3.8) is 0 Å². The topological polar surface area (TPSA) is 90.2 Å². The number of para-hydroxylation sites is 1. The summed E-state index contributed by atoms with van der Waals surface area (Å²) in [7, 11) is -2.12. The van der Waals surface area contributed by atoms with E-state index >= 15 is 0 Å². The summed E-state index contributed by atoms with van der Waals surface area (Å²) in [4.78, 5) is 0.170. The molecule has 1 heterocycles. The van der Waals surface area contributed by atoms with Gasteiger partial charge in [-0.15, -0.1) is 5.10 Å². The van der Waals surface area contributed by atoms with Crippen LogP contribution in [0, 0.1) is 6.92 Å². The van der Waals surface area contributed by atoms with Crippen molar-refractivity contribution in [2.24, 2.45) is 0 Å². The van der Waals surface area contributed by atoms with Gasteiger partial charge in [0.2, 0.25) is 10.0 Å². The molecule has 0 amide bonds. The molecule has 0 bridgehead atoms. The Morgan fingerprint density at radius 3 is 2.69 bits per heavy atom. The van der Waals surface area contributed by atoms with E-state index < -0.39 is 10.0 Å². The number of hydrogen-bond donors (Lipinski definition) is 0. The number of tetrazole rings is 1. The maximum Gasteiger partial charge on any atom is 0.243 e. The van der Waals surface area contributed by atoms with Gasteiger partial charge in [0.1, 0.15) is 18.7 Å². The third-order valence-corrected chi connectivity index (χ3v) is 5.75. The van der Waals surface area contributed by atoms with E-state index in [-0.39, 0.29) is 18.0 Å². The Labute approximate surface area is 152 Å². The van der Waals surface area contributed by atoms with Crippen LogP contribution in [0.15, 0.2) is 59.8 Å². The van der Waals surface area contributed by atoms with Crippen molar-refractivity contribution in [2.45, 2.75) is 11.8 Å². The molecule has 1 aromatic heterocycles. The minimum atomic E-state index is -3.65. The third-order valence-electron chi connectivity index (χ3n) is 3.90. The van der Waals surface area contributed by atoms with Gasteiger partial charge in [-0.2, -0.15) is 4.31 Å². The average molecular weight is 373 g/mol. The van der Waals surface area contributed by atoms with Crippen LogP contribution in [0.25, 0.3) is 5.69 Å². The number of benzene rings is 2. The molecule has 0 aliphatic rings. The summed E-state index contributed by atoms with van der Waals surface area (Å²) in [5.41, 5.74) is 1.58. The molecule has 8 nitrogen and oxygen atoms in total. The Balaban J connectivity index is 1.69. The van der Waals surface area contributed by atoms with Crippen molar-refractivity contribution >= 4 is 10.0 Å². The lowest BCUT2D eigenvalue weighted by molar-refractivity contribution is 0.285. The molecule has 2 aromatic carbocycles. The lowest BCUT2D eigenvalue weighted by atomic mass is 10.2. The maximum atomic E-state index is 12.8. The molecule has 0 radical (unpaired) electrons. The highest BCUT2D eigenvalue weighted by molar-refractivity contribution is 7.89. The number of aromatic nitrogens is 4. The number of nitrogens with zero attached hydrogens (tertiary/aromatic N) is 5. The van der Waals surface area contributed by atoms with E-state index in [4.69, 9.17) is 4.74 Å². The van der Waals surface area contributed by atoms with Crippen LogP contribution < -0.4 is 4.74 Å². The summed E-state index contributed by atoms with van der Waals surface area (Å²) in [5, 5.41) is 10.9. The van der Waals surface area contributed by atoms with E-state index in [0.29, 0.717) is 5.69 Å². The van der Waals surface area contributed by atoms with Crippen LogP contribution in [0.2, 0.25) is 0 Å². The summed E-state index contributed by atoms with van der Waals surface area (Å²) >= 11 is 0. The number of sulfonamides is 1. The molecule has 0 unspecified atom stereocenters. The maximum absolute atomic E-state index is 12.8. The quantitative estimate of drug-likeness (QED) is 0.626. The highest BCUT2D eigenvalue weighted by atomic mass is 32.2. The summed E-state index contributed by atoms with van der Waals surface area (Å²) < 4.78 is 33.9. The monoisotopic (exact) mass is 373 g/mol. The molecule has 0 aliphatic heterocycles. The van der Waals surface area contributed by atoms with Crippen molar-refractivity contribution < 1.29 is 13.2 Å². The molecule has 0 spiro atoms. The minimum Gasteiger partial charge on any atom is -0.492 e. The van der Waals surface area contributed by atoms with E-state index in [1.807, 2.05) is 31.2 Å². The molecule has 0 aliphatic carbocycles. The minimum absolute atomic E-state index is 0.170. The van der Waals surface area contributed by atoms with Gasteiger partial charge in [0, 0.05) is 13.6 Å². The van der Waals surface area contributed by atoms with E-state index in [9.17, 15) is 8.42 Å². The van der Waals surface area contributed by atoms with Gasteiger partial charge in [-0.25, -0.2) is 13.1 Å². The number of rotatable bonds is 7. The van der Waals surface area contributed by atoms with Crippen molar-refractivity contribution in [2.75, 3.05) is 20.2 Å². The van der Waals surface area contributed by atoms with E-state index in [1.165, 1.54) is 28.4 Å². The lowest BCUT2D eigenvalue weighted by Gasteiger charge is -2.18. The fourth-order valence-electron chi connectivity index (χ4n) is 2.37. The SMILES string of the molecule is Cc1ccccc1OCCN(C)S(=O)(=O)c1cccc(-n2cnnn2)c1. The first kappa shape index (κ1) is 18.0. The van der Waals surface area contributed by atoms with Gasteiger partial charge in [-0.1, -0.05) is 24.3 Å². The number of aryl methyl sites for hydroxylation is 1. The summed E-state index contributed by atoms with van der Waals surface area (Å²) in [6, 6.07) is 14.1. The van der Waals surface area contributed by atoms with Crippen molar-refractivity contribution in [1.82, 2.24) is 24.5 Å². The van der Waals surface area contributed by atoms with Crippen LogP contribution in [-0.4, -0.2) is 53.1 Å². The highest BCUT2D eigenvalue weighted by Gasteiger charge is 2.21. The standard InChI is InChI=1S/C17H19N5O3S/c1-14-6-3-4-9-17(14)25-11-10-21(2)26(23,24)16-8-5-7-15(12-16)22-13-18-19-20-22/h3-9,12-13H,10-11H2,1-2H3. The third kappa shape index (κ3) is 3.89. The summed E-state index contributed by atoms with van der Waals surface area (Å²) in [6.07, 6.45) is 1.41. The van der Waals surface area contributed by atoms with Crippen molar-refractivity contribution in [3.05, 3.63) is 60.4 Å². The highest BCUT2D eigenvalue weighted by Crippen LogP contribution is 2.19. The predicted octanol–water partition coefficient (Wildman–Crippen LogP) is 1.67. The number of hydrogen-bond acceptors (Lipinski definition) is 6. The predicted molar refractivity (Wildman–Crippen MR) is 95.6 cm³/mol. The molecule has 3 rings (SSSR count). The van der Waals surface area contributed by atoms with Gasteiger partial charge in [-0.05, 0) is 47.2 Å². The Kier molecular flexibility index (Phi) is 5.29. The molecule has 0 atom stereocenters. The van der Waals surface area contributed by atoms with Gasteiger partial charge < -0.3 is 4.74 Å². The van der Waals surface area contributed by atoms with Crippen LogP contribution >= 0.6 is 0 Å². The van der Waals surface area contributed by atoms with Crippen LogP contribution in [0.3, 0.4) is 0 Å². The van der Waals surface area contributed by atoms with Gasteiger partial charge in [-0.3, -0.25) is 0 Å². The lowest BCUT2D eigenvalue weighted by Crippen LogP contribution is -2.31. The second-order valence-electron chi connectivity index (χ2n) is 5.69. The van der Waals surface area contributed by atoms with Gasteiger partial charge in [0.15, 0.2) is 0 Å². The largest absolute Gasteiger partial charge is 0.492 e. The Hall–Kier alpha value is -2.78. The normalized spacial score (nSPS) is 11.7. The van der Waals surface area contributed by atoms with E-state index in [1.54, 1.807) is 18.2 Å². The van der Waals surface area contributed by atoms with Crippen LogP contribution in [0.5, 0.6) is 5.75 Å². The Bertz CT molecular complexity index is 974. The van der Waals surface area contributed by atoms with Crippen LogP contribution in [0.1, 0.15) is 5.56 Å². The smallest absolute Gasteiger partial charge is 0.243 e. The molecule has 136 valence electrons. The van der Waals surface area contributed by atoms with Crippen LogP contribution in [-0.2, 0) is 10.0 Å². The molecule has 3 aromatic rings. The Morgan fingerprint density at radius 2 is 1.96 bits per heavy atom. The average Bonchev–Trinajstić information content (AvgIpc) is 3.18. The second-order valence-corrected chi connectivity index (χ2v) is 7.74. The zero-order valence-corrected chi connectivity index (χ0v) is 15.3. The molecule has 0 saturated heterocycles. The fraction of sp³-hybridized carbons (Fsp3) is 0.235. The molecule has 0 saturated carbocycles. The summed E-state index contributed by atoms with van der Waals surface area (Å²) in [6.45, 7) is 2.43. The first-order valence-corrected chi connectivity index (χ1v) is 9.41. The molecule has 0 N–H and O–H groups in total. The zero-order chi connectivity index (χ0) is 18.6. The Morgan fingerprint density at radius 1 is 1.15 bits per heavy atom. The van der Waals surface area contributed by atoms with Crippen molar-refractivity contribution in [1.29, 1.82) is 0 Å². The summed E-state index contributed by atoms with van der Waals surface area (Å²) in [5.74, 6) is 0.749. The number of likely N-dealkylation sites (N-methyl/N-ethyl adjacent to an activating group) is 1. The first-order chi connectivity index (χ1) is 12.5. The van der Waals surface area contributed by atoms with E-state index in [2.05, 4.69) is 15.5 Å². The van der Waals surface area contributed by atoms with Gasteiger partial charge in [0.25, 0.3) is 0 Å². The molecule has 9 heteroatoms. The van der Waals surface area contributed by atoms with Gasteiger partial charge >= 0.3 is 0 Å². The molecular weight excluding hydrogens is 354 g/mol. The first-order valence-electron chi connectivity index (χ1n) is 7.96.